The molecule has 0 saturated carbocycles. The van der Waals surface area contributed by atoms with E-state index in [2.05, 4.69) is 13.8 Å². The van der Waals surface area contributed by atoms with Crippen LogP contribution >= 0.6 is 0 Å². The number of para-hydroxylation sites is 1. The maximum atomic E-state index is 12.8. The Hall–Kier alpha value is -1.84. The van der Waals surface area contributed by atoms with E-state index in [1.165, 1.54) is 6.92 Å². The molecule has 2 atom stereocenters. The van der Waals surface area contributed by atoms with Gasteiger partial charge in [-0.2, -0.15) is 0 Å². The molecule has 1 fully saturated rings. The van der Waals surface area contributed by atoms with Crippen molar-refractivity contribution < 1.29 is 14.3 Å². The lowest BCUT2D eigenvalue weighted by atomic mass is 9.96. The largest absolute Gasteiger partial charge is 0.426 e. The van der Waals surface area contributed by atoms with Gasteiger partial charge in [0.25, 0.3) is 5.91 Å². The van der Waals surface area contributed by atoms with E-state index in [4.69, 9.17) is 4.74 Å². The molecule has 0 bridgehead atoms. The maximum Gasteiger partial charge on any atom is 0.308 e. The molecule has 0 N–H and O–H groups in total. The van der Waals surface area contributed by atoms with E-state index in [9.17, 15) is 9.59 Å². The maximum absolute atomic E-state index is 12.8. The van der Waals surface area contributed by atoms with Crippen molar-refractivity contribution >= 4 is 11.9 Å². The van der Waals surface area contributed by atoms with Crippen molar-refractivity contribution in [1.82, 2.24) is 4.90 Å². The van der Waals surface area contributed by atoms with Crippen molar-refractivity contribution in [2.75, 3.05) is 0 Å². The van der Waals surface area contributed by atoms with Gasteiger partial charge < -0.3 is 9.64 Å². The first-order chi connectivity index (χ1) is 9.50. The lowest BCUT2D eigenvalue weighted by Crippen LogP contribution is -2.47. The van der Waals surface area contributed by atoms with Gasteiger partial charge in [-0.05, 0) is 45.2 Å². The summed E-state index contributed by atoms with van der Waals surface area (Å²) < 4.78 is 5.14. The number of benzene rings is 1. The standard InChI is InChI=1S/C16H21NO3/c1-11-7-6-8-12(2)17(11)16(19)14-9-4-5-10-15(14)20-13(3)18/h4-5,9-12H,6-8H2,1-3H3. The molecular formula is C16H21NO3. The van der Waals surface area contributed by atoms with Crippen LogP contribution in [0.1, 0.15) is 50.4 Å². The van der Waals surface area contributed by atoms with Crippen LogP contribution in [0.3, 0.4) is 0 Å². The van der Waals surface area contributed by atoms with Gasteiger partial charge in [-0.15, -0.1) is 0 Å². The summed E-state index contributed by atoms with van der Waals surface area (Å²) in [6, 6.07) is 7.37. The van der Waals surface area contributed by atoms with E-state index in [0.29, 0.717) is 11.3 Å². The fourth-order valence-electron chi connectivity index (χ4n) is 2.85. The fourth-order valence-corrected chi connectivity index (χ4v) is 2.85. The second-order valence-electron chi connectivity index (χ2n) is 5.43. The molecule has 4 nitrogen and oxygen atoms in total. The summed E-state index contributed by atoms with van der Waals surface area (Å²) in [5, 5.41) is 0. The molecule has 1 amide bonds. The van der Waals surface area contributed by atoms with Gasteiger partial charge in [0, 0.05) is 19.0 Å². The molecule has 2 unspecified atom stereocenters. The highest BCUT2D eigenvalue weighted by Crippen LogP contribution is 2.27. The van der Waals surface area contributed by atoms with Gasteiger partial charge >= 0.3 is 5.97 Å². The highest BCUT2D eigenvalue weighted by atomic mass is 16.5. The Bertz CT molecular complexity index is 502. The van der Waals surface area contributed by atoms with E-state index >= 15 is 0 Å². The van der Waals surface area contributed by atoms with Crippen molar-refractivity contribution in [1.29, 1.82) is 0 Å². The molecule has 108 valence electrons. The number of hydrogen-bond acceptors (Lipinski definition) is 3. The first-order valence-corrected chi connectivity index (χ1v) is 7.11. The van der Waals surface area contributed by atoms with Crippen LogP contribution in [0.15, 0.2) is 24.3 Å². The number of carbonyl (C=O) groups is 2. The molecule has 1 aromatic rings. The Kier molecular flexibility index (Phi) is 4.42. The number of amides is 1. The van der Waals surface area contributed by atoms with Gasteiger partial charge in [0.1, 0.15) is 5.75 Å². The molecule has 2 rings (SSSR count). The Morgan fingerprint density at radius 2 is 1.75 bits per heavy atom. The Labute approximate surface area is 119 Å². The average molecular weight is 275 g/mol. The fraction of sp³-hybridized carbons (Fsp3) is 0.500. The highest BCUT2D eigenvalue weighted by molar-refractivity contribution is 5.98. The molecule has 1 aliphatic rings. The third-order valence-electron chi connectivity index (χ3n) is 3.80. The van der Waals surface area contributed by atoms with Crippen molar-refractivity contribution in [2.24, 2.45) is 0 Å². The van der Waals surface area contributed by atoms with Crippen molar-refractivity contribution in [2.45, 2.75) is 52.1 Å². The lowest BCUT2D eigenvalue weighted by molar-refractivity contribution is -0.131. The van der Waals surface area contributed by atoms with Crippen LogP contribution in [0.4, 0.5) is 0 Å². The smallest absolute Gasteiger partial charge is 0.308 e. The SMILES string of the molecule is CC(=O)Oc1ccccc1C(=O)N1C(C)CCCC1C. The molecule has 0 spiro atoms. The van der Waals surface area contributed by atoms with E-state index in [-0.39, 0.29) is 18.0 Å². The number of nitrogens with zero attached hydrogens (tertiary/aromatic N) is 1. The molecule has 1 heterocycles. The Morgan fingerprint density at radius 1 is 1.15 bits per heavy atom. The predicted octanol–water partition coefficient (Wildman–Crippen LogP) is 3.02. The van der Waals surface area contributed by atoms with Gasteiger partial charge in [0.15, 0.2) is 0 Å². The van der Waals surface area contributed by atoms with Gasteiger partial charge in [0.05, 0.1) is 5.56 Å². The molecule has 1 saturated heterocycles. The van der Waals surface area contributed by atoms with Crippen LogP contribution in [0.5, 0.6) is 5.75 Å². The number of likely N-dealkylation sites (tertiary alicyclic amines) is 1. The van der Waals surface area contributed by atoms with Crippen LogP contribution < -0.4 is 4.74 Å². The quantitative estimate of drug-likeness (QED) is 0.615. The number of ether oxygens (including phenoxy) is 1. The average Bonchev–Trinajstić information content (AvgIpc) is 2.38. The van der Waals surface area contributed by atoms with E-state index < -0.39 is 5.97 Å². The van der Waals surface area contributed by atoms with Crippen molar-refractivity contribution in [3.05, 3.63) is 29.8 Å². The van der Waals surface area contributed by atoms with Crippen LogP contribution in [-0.4, -0.2) is 28.9 Å². The van der Waals surface area contributed by atoms with E-state index in [0.717, 1.165) is 19.3 Å². The summed E-state index contributed by atoms with van der Waals surface area (Å²) in [4.78, 5) is 25.8. The van der Waals surface area contributed by atoms with E-state index in [1.807, 2.05) is 4.90 Å². The molecule has 20 heavy (non-hydrogen) atoms. The Morgan fingerprint density at radius 3 is 2.35 bits per heavy atom. The number of hydrogen-bond donors (Lipinski definition) is 0. The van der Waals surface area contributed by atoms with Gasteiger partial charge in [0.2, 0.25) is 0 Å². The zero-order valence-electron chi connectivity index (χ0n) is 12.3. The molecule has 4 heteroatoms. The topological polar surface area (TPSA) is 46.6 Å². The summed E-state index contributed by atoms with van der Waals surface area (Å²) in [7, 11) is 0. The molecule has 1 aromatic carbocycles. The summed E-state index contributed by atoms with van der Waals surface area (Å²) in [6.07, 6.45) is 3.19. The summed E-state index contributed by atoms with van der Waals surface area (Å²) >= 11 is 0. The molecule has 1 aliphatic heterocycles. The third-order valence-corrected chi connectivity index (χ3v) is 3.80. The minimum absolute atomic E-state index is 0.0541. The summed E-state index contributed by atoms with van der Waals surface area (Å²) in [5.41, 5.74) is 0.461. The second kappa shape index (κ2) is 6.07. The first kappa shape index (κ1) is 14.6. The van der Waals surface area contributed by atoms with Crippen LogP contribution in [0, 0.1) is 0 Å². The lowest BCUT2D eigenvalue weighted by Gasteiger charge is -2.39. The summed E-state index contributed by atoms with van der Waals surface area (Å²) in [6.45, 7) is 5.48. The van der Waals surface area contributed by atoms with Crippen LogP contribution in [-0.2, 0) is 4.79 Å². The second-order valence-corrected chi connectivity index (χ2v) is 5.43. The van der Waals surface area contributed by atoms with E-state index in [1.54, 1.807) is 24.3 Å². The number of piperidine rings is 1. The molecular weight excluding hydrogens is 254 g/mol. The van der Waals surface area contributed by atoms with Gasteiger partial charge in [-0.3, -0.25) is 9.59 Å². The van der Waals surface area contributed by atoms with Gasteiger partial charge in [-0.25, -0.2) is 0 Å². The zero-order chi connectivity index (χ0) is 14.7. The molecule has 0 aliphatic carbocycles. The predicted molar refractivity (Wildman–Crippen MR) is 76.7 cm³/mol. The summed E-state index contributed by atoms with van der Waals surface area (Å²) in [5.74, 6) is -0.124. The van der Waals surface area contributed by atoms with Gasteiger partial charge in [-0.1, -0.05) is 12.1 Å². The minimum Gasteiger partial charge on any atom is -0.426 e. The van der Waals surface area contributed by atoms with Crippen LogP contribution in [0.2, 0.25) is 0 Å². The van der Waals surface area contributed by atoms with Crippen molar-refractivity contribution in [3.8, 4) is 5.75 Å². The zero-order valence-corrected chi connectivity index (χ0v) is 12.3. The number of esters is 1. The van der Waals surface area contributed by atoms with Crippen molar-refractivity contribution in [3.63, 3.8) is 0 Å². The molecule has 0 aromatic heterocycles. The third kappa shape index (κ3) is 3.00. The van der Waals surface area contributed by atoms with Crippen LogP contribution in [0.25, 0.3) is 0 Å². The Balaban J connectivity index is 2.30. The number of carbonyl (C=O) groups excluding carboxylic acids is 2. The monoisotopic (exact) mass is 275 g/mol. The minimum atomic E-state index is -0.412. The number of rotatable bonds is 2. The highest BCUT2D eigenvalue weighted by Gasteiger charge is 2.31. The molecule has 0 radical (unpaired) electrons. The first-order valence-electron chi connectivity index (χ1n) is 7.11. The normalized spacial score (nSPS) is 22.4.